The molecule has 0 aliphatic carbocycles. The third-order valence-electron chi connectivity index (χ3n) is 11.1. The highest BCUT2D eigenvalue weighted by Gasteiger charge is 2.17. The highest BCUT2D eigenvalue weighted by atomic mass is 32.1. The van der Waals surface area contributed by atoms with Crippen LogP contribution in [-0.2, 0) is 0 Å². The first-order valence-corrected chi connectivity index (χ1v) is 20.1. The largest absolute Gasteiger partial charge is 0.228 e. The van der Waals surface area contributed by atoms with Crippen LogP contribution in [0.2, 0.25) is 0 Å². The number of fused-ring (bicyclic) bond motifs is 5. The highest BCUT2D eigenvalue weighted by Crippen LogP contribution is 2.43. The molecule has 3 heteroatoms. The number of hydrogen-bond donors (Lipinski definition) is 0. The summed E-state index contributed by atoms with van der Waals surface area (Å²) in [4.78, 5) is 10.6. The Labute approximate surface area is 335 Å². The minimum Gasteiger partial charge on any atom is -0.228 e. The van der Waals surface area contributed by atoms with E-state index in [0.29, 0.717) is 5.82 Å². The van der Waals surface area contributed by atoms with Crippen molar-refractivity contribution in [2.45, 2.75) is 0 Å². The fraction of sp³-hybridized carbons (Fsp3) is 0. The minimum atomic E-state index is 0.697. The van der Waals surface area contributed by atoms with E-state index in [9.17, 15) is 0 Å². The van der Waals surface area contributed by atoms with E-state index in [0.717, 1.165) is 44.8 Å². The Hall–Kier alpha value is -7.20. The average molecular weight is 743 g/mol. The zero-order valence-electron chi connectivity index (χ0n) is 30.9. The molecule has 0 unspecified atom stereocenters. The second-order valence-electron chi connectivity index (χ2n) is 14.5. The summed E-state index contributed by atoms with van der Waals surface area (Å²) in [5, 5.41) is 7.48. The quantitative estimate of drug-likeness (QED) is 0.170. The second kappa shape index (κ2) is 13.8. The fourth-order valence-electron chi connectivity index (χ4n) is 8.32. The van der Waals surface area contributed by atoms with Gasteiger partial charge in [0, 0.05) is 36.9 Å². The zero-order chi connectivity index (χ0) is 37.7. The number of hydrogen-bond acceptors (Lipinski definition) is 3. The summed E-state index contributed by atoms with van der Waals surface area (Å²) in [6.07, 6.45) is 0. The van der Waals surface area contributed by atoms with Gasteiger partial charge in [0.05, 0.1) is 11.4 Å². The van der Waals surface area contributed by atoms with E-state index in [1.165, 1.54) is 58.4 Å². The number of benzene rings is 9. The molecule has 2 heterocycles. The minimum absolute atomic E-state index is 0.697. The molecule has 0 bridgehead atoms. The molecule has 9 aromatic carbocycles. The fourth-order valence-corrected chi connectivity index (χ4v) is 9.56. The molecular formula is C54H34N2S. The summed E-state index contributed by atoms with van der Waals surface area (Å²) in [5.74, 6) is 0.697. The standard InChI is InChI=1S/C54H34N2S/c1-2-16-37(17-3-1)54-55-50(39-21-10-20-38(30-39)45-25-11-18-35-14-4-6-22-43(35)45)34-51(56-54)42-32-40(46-26-12-19-36-15-5-7-23-44(36)46)31-41(33-42)47-27-13-28-49-48-24-8-9-29-52(48)57-53(47)49/h1-34H. The third kappa shape index (κ3) is 5.97. The monoisotopic (exact) mass is 742 g/mol. The van der Waals surface area contributed by atoms with Crippen LogP contribution in [0.5, 0.6) is 0 Å². The maximum absolute atomic E-state index is 5.34. The van der Waals surface area contributed by atoms with Crippen LogP contribution in [0.15, 0.2) is 206 Å². The molecule has 57 heavy (non-hydrogen) atoms. The maximum atomic E-state index is 5.34. The van der Waals surface area contributed by atoms with Gasteiger partial charge in [-0.3, -0.25) is 0 Å². The summed E-state index contributed by atoms with van der Waals surface area (Å²) in [5.41, 5.74) is 11.9. The van der Waals surface area contributed by atoms with E-state index < -0.39 is 0 Å². The molecule has 11 rings (SSSR count). The van der Waals surface area contributed by atoms with Crippen LogP contribution in [0.25, 0.3) is 109 Å². The first-order valence-electron chi connectivity index (χ1n) is 19.3. The third-order valence-corrected chi connectivity index (χ3v) is 12.3. The molecule has 2 nitrogen and oxygen atoms in total. The van der Waals surface area contributed by atoms with E-state index in [1.54, 1.807) is 0 Å². The molecule has 0 spiro atoms. The summed E-state index contributed by atoms with van der Waals surface area (Å²) in [7, 11) is 0. The van der Waals surface area contributed by atoms with Gasteiger partial charge in [0.2, 0.25) is 0 Å². The predicted molar refractivity (Wildman–Crippen MR) is 243 cm³/mol. The lowest BCUT2D eigenvalue weighted by Gasteiger charge is -2.15. The topological polar surface area (TPSA) is 25.8 Å². The second-order valence-corrected chi connectivity index (χ2v) is 15.6. The van der Waals surface area contributed by atoms with Crippen molar-refractivity contribution in [2.75, 3.05) is 0 Å². The molecule has 2 aromatic heterocycles. The summed E-state index contributed by atoms with van der Waals surface area (Å²) < 4.78 is 2.59. The van der Waals surface area contributed by atoms with E-state index >= 15 is 0 Å². The first kappa shape index (κ1) is 33.2. The van der Waals surface area contributed by atoms with Crippen molar-refractivity contribution >= 4 is 53.1 Å². The van der Waals surface area contributed by atoms with Gasteiger partial charge in [-0.2, -0.15) is 0 Å². The summed E-state index contributed by atoms with van der Waals surface area (Å²) >= 11 is 1.86. The van der Waals surface area contributed by atoms with Crippen molar-refractivity contribution < 1.29 is 0 Å². The van der Waals surface area contributed by atoms with Crippen LogP contribution in [0.3, 0.4) is 0 Å². The molecule has 11 aromatic rings. The van der Waals surface area contributed by atoms with Crippen molar-refractivity contribution in [1.29, 1.82) is 0 Å². The van der Waals surface area contributed by atoms with E-state index in [-0.39, 0.29) is 0 Å². The number of aromatic nitrogens is 2. The van der Waals surface area contributed by atoms with Gasteiger partial charge in [0.25, 0.3) is 0 Å². The lowest BCUT2D eigenvalue weighted by Crippen LogP contribution is -1.97. The molecule has 0 fully saturated rings. The number of thiophene rings is 1. The molecule has 0 radical (unpaired) electrons. The molecule has 0 amide bonds. The Balaban J connectivity index is 1.15. The lowest BCUT2D eigenvalue weighted by atomic mass is 9.91. The van der Waals surface area contributed by atoms with Crippen molar-refractivity contribution in [3.8, 4) is 67.3 Å². The van der Waals surface area contributed by atoms with Crippen molar-refractivity contribution in [2.24, 2.45) is 0 Å². The summed E-state index contributed by atoms with van der Waals surface area (Å²) in [6, 6.07) is 74.0. The Morgan fingerprint density at radius 3 is 1.53 bits per heavy atom. The molecule has 0 aliphatic rings. The van der Waals surface area contributed by atoms with Crippen LogP contribution < -0.4 is 0 Å². The van der Waals surface area contributed by atoms with Gasteiger partial charge < -0.3 is 0 Å². The molecule has 0 atom stereocenters. The normalized spacial score (nSPS) is 11.5. The molecule has 0 N–H and O–H groups in total. The van der Waals surface area contributed by atoms with Crippen molar-refractivity contribution in [3.05, 3.63) is 206 Å². The van der Waals surface area contributed by atoms with Crippen LogP contribution in [0.4, 0.5) is 0 Å². The maximum Gasteiger partial charge on any atom is 0.160 e. The zero-order valence-corrected chi connectivity index (χ0v) is 31.7. The Bertz CT molecular complexity index is 3300. The molecule has 0 aliphatic heterocycles. The smallest absolute Gasteiger partial charge is 0.160 e. The van der Waals surface area contributed by atoms with Crippen LogP contribution in [-0.4, -0.2) is 9.97 Å². The first-order chi connectivity index (χ1) is 28.2. The molecular weight excluding hydrogens is 709 g/mol. The van der Waals surface area contributed by atoms with Crippen LogP contribution >= 0.6 is 11.3 Å². The van der Waals surface area contributed by atoms with E-state index in [4.69, 9.17) is 9.97 Å². The molecule has 266 valence electrons. The number of rotatable bonds is 6. The van der Waals surface area contributed by atoms with Gasteiger partial charge >= 0.3 is 0 Å². The highest BCUT2D eigenvalue weighted by molar-refractivity contribution is 7.26. The van der Waals surface area contributed by atoms with Crippen LogP contribution in [0.1, 0.15) is 0 Å². The Kier molecular flexibility index (Phi) is 8.04. The molecule has 0 saturated carbocycles. The average Bonchev–Trinajstić information content (AvgIpc) is 3.68. The van der Waals surface area contributed by atoms with Gasteiger partial charge in [0.15, 0.2) is 5.82 Å². The summed E-state index contributed by atoms with van der Waals surface area (Å²) in [6.45, 7) is 0. The SMILES string of the molecule is c1ccc(-c2nc(-c3cccc(-c4cccc5ccccc45)c3)cc(-c3cc(-c4cccc5ccccc45)cc(-c4cccc5c4sc4ccccc45)c3)n2)cc1. The Morgan fingerprint density at radius 2 is 0.772 bits per heavy atom. The van der Waals surface area contributed by atoms with E-state index in [2.05, 4.69) is 200 Å². The van der Waals surface area contributed by atoms with Crippen molar-refractivity contribution in [1.82, 2.24) is 9.97 Å². The lowest BCUT2D eigenvalue weighted by molar-refractivity contribution is 1.18. The van der Waals surface area contributed by atoms with Crippen LogP contribution in [0, 0.1) is 0 Å². The van der Waals surface area contributed by atoms with E-state index in [1.807, 2.05) is 17.4 Å². The Morgan fingerprint density at radius 1 is 0.298 bits per heavy atom. The van der Waals surface area contributed by atoms with Gasteiger partial charge in [-0.05, 0) is 91.3 Å². The van der Waals surface area contributed by atoms with Gasteiger partial charge in [-0.1, -0.05) is 170 Å². The van der Waals surface area contributed by atoms with Gasteiger partial charge in [0.1, 0.15) is 0 Å². The van der Waals surface area contributed by atoms with Crippen molar-refractivity contribution in [3.63, 3.8) is 0 Å². The molecule has 0 saturated heterocycles. The number of nitrogens with zero attached hydrogens (tertiary/aromatic N) is 2. The van der Waals surface area contributed by atoms with Gasteiger partial charge in [-0.15, -0.1) is 11.3 Å². The predicted octanol–water partition coefficient (Wildman–Crippen LogP) is 15.2. The van der Waals surface area contributed by atoms with Gasteiger partial charge in [-0.25, -0.2) is 9.97 Å².